The zero-order valence-corrected chi connectivity index (χ0v) is 16.3. The average Bonchev–Trinajstić information content (AvgIpc) is 3.39. The van der Waals surface area contributed by atoms with Crippen LogP contribution in [0.2, 0.25) is 0 Å². The minimum atomic E-state index is -0.0172. The number of carbonyl (C=O) groups excluding carboxylic acids is 1. The maximum absolute atomic E-state index is 11.7. The molecule has 0 atom stereocenters. The molecule has 0 saturated carbocycles. The summed E-state index contributed by atoms with van der Waals surface area (Å²) in [5, 5.41) is 4.10. The van der Waals surface area contributed by atoms with Crippen LogP contribution in [-0.2, 0) is 14.3 Å². The van der Waals surface area contributed by atoms with Crippen molar-refractivity contribution in [2.24, 2.45) is 5.73 Å². The second kappa shape index (κ2) is 9.39. The number of carbonyl (C=O) groups is 1. The number of amides is 1. The summed E-state index contributed by atoms with van der Waals surface area (Å²) in [6, 6.07) is 0. The lowest BCUT2D eigenvalue weighted by molar-refractivity contribution is -0.130. The van der Waals surface area contributed by atoms with Gasteiger partial charge in [0.2, 0.25) is 24.4 Å². The van der Waals surface area contributed by atoms with Gasteiger partial charge in [0.05, 0.1) is 12.1 Å². The molecule has 1 amide bonds. The topological polar surface area (TPSA) is 104 Å². The maximum atomic E-state index is 11.7. The monoisotopic (exact) mass is 386 g/mol. The van der Waals surface area contributed by atoms with E-state index in [1.54, 1.807) is 11.0 Å². The highest BCUT2D eigenvalue weighted by molar-refractivity contribution is 5.78. The molecule has 8 heteroatoms. The van der Waals surface area contributed by atoms with Gasteiger partial charge in [0.25, 0.3) is 0 Å². The molecule has 0 radical (unpaired) electrons. The van der Waals surface area contributed by atoms with Crippen LogP contribution in [0, 0.1) is 0 Å². The molecule has 1 fully saturated rings. The predicted molar refractivity (Wildman–Crippen MR) is 103 cm³/mol. The Hall–Kier alpha value is -2.83. The predicted octanol–water partition coefficient (Wildman–Crippen LogP) is 2.47. The summed E-state index contributed by atoms with van der Waals surface area (Å²) in [6.07, 6.45) is 7.84. The van der Waals surface area contributed by atoms with Gasteiger partial charge >= 0.3 is 0 Å². The van der Waals surface area contributed by atoms with Crippen molar-refractivity contribution in [1.82, 2.24) is 15.0 Å². The zero-order valence-electron chi connectivity index (χ0n) is 16.3. The number of hydrogen-bond donors (Lipinski definition) is 1. The lowest BCUT2D eigenvalue weighted by Crippen LogP contribution is -2.41. The van der Waals surface area contributed by atoms with E-state index in [-0.39, 0.29) is 25.2 Å². The van der Waals surface area contributed by atoms with E-state index in [4.69, 9.17) is 19.7 Å². The Balaban J connectivity index is 0.00000109. The Morgan fingerprint density at radius 1 is 1.32 bits per heavy atom. The van der Waals surface area contributed by atoms with Gasteiger partial charge in [-0.1, -0.05) is 25.1 Å². The van der Waals surface area contributed by atoms with E-state index in [2.05, 4.69) is 15.9 Å². The van der Waals surface area contributed by atoms with E-state index in [0.29, 0.717) is 37.0 Å². The summed E-state index contributed by atoms with van der Waals surface area (Å²) in [6.45, 7) is 5.61. The van der Waals surface area contributed by atoms with Gasteiger partial charge in [-0.25, -0.2) is 0 Å². The van der Waals surface area contributed by atoms with Gasteiger partial charge in [0.1, 0.15) is 5.76 Å². The lowest BCUT2D eigenvalue weighted by Gasteiger charge is -2.30. The van der Waals surface area contributed by atoms with Crippen LogP contribution in [0.5, 0.6) is 0 Å². The third-order valence-electron chi connectivity index (χ3n) is 4.72. The van der Waals surface area contributed by atoms with Crippen LogP contribution in [0.1, 0.15) is 50.7 Å². The third kappa shape index (κ3) is 4.35. The largest absolute Gasteiger partial charge is 0.458 e. The molecule has 2 N–H and O–H groups in total. The molecule has 0 bridgehead atoms. The summed E-state index contributed by atoms with van der Waals surface area (Å²) in [5.74, 6) is 2.73. The van der Waals surface area contributed by atoms with Crippen molar-refractivity contribution in [3.63, 3.8) is 0 Å². The Bertz CT molecular complexity index is 825. The molecule has 2 aliphatic heterocycles. The Kier molecular flexibility index (Phi) is 6.68. The first kappa shape index (κ1) is 19.9. The second-order valence-electron chi connectivity index (χ2n) is 6.32. The first-order valence-corrected chi connectivity index (χ1v) is 9.68. The van der Waals surface area contributed by atoms with E-state index in [9.17, 15) is 4.79 Å². The summed E-state index contributed by atoms with van der Waals surface area (Å²) < 4.78 is 16.3. The van der Waals surface area contributed by atoms with Crippen LogP contribution in [0.25, 0.3) is 5.57 Å². The zero-order chi connectivity index (χ0) is 19.9. The van der Waals surface area contributed by atoms with E-state index < -0.39 is 0 Å². The number of nitrogens with zero attached hydrogens (tertiary/aromatic N) is 3. The molecule has 8 nitrogen and oxygen atoms in total. The van der Waals surface area contributed by atoms with Gasteiger partial charge in [-0.3, -0.25) is 4.79 Å². The van der Waals surface area contributed by atoms with Crippen LogP contribution >= 0.6 is 0 Å². The summed E-state index contributed by atoms with van der Waals surface area (Å²) >= 11 is 0. The summed E-state index contributed by atoms with van der Waals surface area (Å²) in [4.78, 5) is 18.0. The normalized spacial score (nSPS) is 20.1. The van der Waals surface area contributed by atoms with Gasteiger partial charge in [0.15, 0.2) is 5.76 Å². The van der Waals surface area contributed by atoms with Crippen LogP contribution in [0.3, 0.4) is 0 Å². The number of piperidine rings is 1. The molecule has 0 unspecified atom stereocenters. The van der Waals surface area contributed by atoms with Gasteiger partial charge in [0, 0.05) is 31.5 Å². The number of hydrogen-bond acceptors (Lipinski definition) is 7. The molecule has 4 rings (SSSR count). The molecule has 150 valence electrons. The standard InChI is InChI=1S/C18H20N4O4.C2H6/c19-10-16(23)22-8-6-13(7-9-22)18-20-17(21-26-18)12-2-1-3-14-15(5-4-12)25-11-24-14;1-2/h1-2,5,13H,3,6-11,19H2;1-2H3/b2-1-;. The first-order chi connectivity index (χ1) is 13.7. The van der Waals surface area contributed by atoms with Gasteiger partial charge in [-0.15, -0.1) is 5.73 Å². The van der Waals surface area contributed by atoms with Gasteiger partial charge in [-0.2, -0.15) is 4.98 Å². The summed E-state index contributed by atoms with van der Waals surface area (Å²) in [7, 11) is 0. The van der Waals surface area contributed by atoms with Crippen LogP contribution in [0.4, 0.5) is 0 Å². The molecular formula is C20H26N4O4. The summed E-state index contributed by atoms with van der Waals surface area (Å²) in [5.41, 5.74) is 9.30. The Labute approximate surface area is 164 Å². The highest BCUT2D eigenvalue weighted by atomic mass is 16.7. The number of rotatable bonds is 3. The smallest absolute Gasteiger partial charge is 0.236 e. The van der Waals surface area contributed by atoms with Crippen LogP contribution < -0.4 is 5.73 Å². The van der Waals surface area contributed by atoms with Crippen molar-refractivity contribution in [3.8, 4) is 0 Å². The molecular weight excluding hydrogens is 360 g/mol. The van der Waals surface area contributed by atoms with Crippen molar-refractivity contribution in [3.05, 3.63) is 47.2 Å². The molecule has 0 aromatic carbocycles. The average molecular weight is 386 g/mol. The molecule has 1 aliphatic carbocycles. The lowest BCUT2D eigenvalue weighted by atomic mass is 9.96. The SMILES string of the molecule is CC.NCC(=O)N1CCC(c2nc(C3=C=CC4=C(C/C=C\3)OCO4)no2)CC1. The number of likely N-dealkylation sites (tertiary alicyclic amines) is 1. The quantitative estimate of drug-likeness (QED) is 0.796. The van der Waals surface area contributed by atoms with Crippen LogP contribution in [-0.4, -0.2) is 47.4 Å². The fraction of sp³-hybridized carbons (Fsp3) is 0.500. The van der Waals surface area contributed by atoms with E-state index in [0.717, 1.165) is 24.2 Å². The van der Waals surface area contributed by atoms with Gasteiger partial charge in [-0.05, 0) is 18.9 Å². The molecule has 28 heavy (non-hydrogen) atoms. The van der Waals surface area contributed by atoms with E-state index >= 15 is 0 Å². The fourth-order valence-electron chi connectivity index (χ4n) is 3.23. The highest BCUT2D eigenvalue weighted by Crippen LogP contribution is 2.28. The highest BCUT2D eigenvalue weighted by Gasteiger charge is 2.27. The van der Waals surface area contributed by atoms with E-state index in [1.807, 2.05) is 26.0 Å². The Morgan fingerprint density at radius 3 is 2.86 bits per heavy atom. The minimum absolute atomic E-state index is 0.0172. The fourth-order valence-corrected chi connectivity index (χ4v) is 3.23. The first-order valence-electron chi connectivity index (χ1n) is 9.68. The van der Waals surface area contributed by atoms with Crippen molar-refractivity contribution in [2.45, 2.75) is 39.0 Å². The van der Waals surface area contributed by atoms with Crippen LogP contribution in [0.15, 0.2) is 40.0 Å². The van der Waals surface area contributed by atoms with Crippen molar-refractivity contribution >= 4 is 11.5 Å². The molecule has 3 heterocycles. The van der Waals surface area contributed by atoms with E-state index in [1.165, 1.54) is 0 Å². The third-order valence-corrected chi connectivity index (χ3v) is 4.72. The van der Waals surface area contributed by atoms with Crippen molar-refractivity contribution in [1.29, 1.82) is 0 Å². The van der Waals surface area contributed by atoms with Crippen molar-refractivity contribution < 1.29 is 18.8 Å². The minimum Gasteiger partial charge on any atom is -0.458 e. The van der Waals surface area contributed by atoms with Crippen molar-refractivity contribution in [2.75, 3.05) is 26.4 Å². The van der Waals surface area contributed by atoms with Gasteiger partial charge < -0.3 is 24.6 Å². The number of allylic oxidation sites excluding steroid dienone is 3. The number of nitrogens with two attached hydrogens (primary N) is 1. The molecule has 0 spiro atoms. The second-order valence-corrected chi connectivity index (χ2v) is 6.32. The molecule has 1 aromatic rings. The number of ether oxygens (including phenoxy) is 2. The Morgan fingerprint density at radius 2 is 2.11 bits per heavy atom. The molecule has 1 saturated heterocycles. The molecule has 1 aromatic heterocycles. The maximum Gasteiger partial charge on any atom is 0.236 e. The molecule has 3 aliphatic rings. The number of aromatic nitrogens is 2.